The number of phenolic OH excluding ortho intramolecular Hbond substituents is 1. The highest BCUT2D eigenvalue weighted by molar-refractivity contribution is 5.34. The molecule has 0 aromatic heterocycles. The summed E-state index contributed by atoms with van der Waals surface area (Å²) < 4.78 is 13.4. The van der Waals surface area contributed by atoms with Gasteiger partial charge in [-0.15, -0.1) is 0 Å². The highest BCUT2D eigenvalue weighted by Gasteiger charge is 2.31. The summed E-state index contributed by atoms with van der Waals surface area (Å²) >= 11 is 0. The number of phenols is 1. The van der Waals surface area contributed by atoms with Gasteiger partial charge in [-0.05, 0) is 41.8 Å². The van der Waals surface area contributed by atoms with Crippen molar-refractivity contribution in [3.05, 3.63) is 65.5 Å². The molecule has 0 saturated heterocycles. The molecular formula is C16H18FNO2. The first-order valence-electron chi connectivity index (χ1n) is 6.44. The molecule has 0 aliphatic heterocycles. The largest absolute Gasteiger partial charge is 0.508 e. The second kappa shape index (κ2) is 6.03. The lowest BCUT2D eigenvalue weighted by Gasteiger charge is -2.31. The van der Waals surface area contributed by atoms with Gasteiger partial charge in [0.2, 0.25) is 0 Å². The summed E-state index contributed by atoms with van der Waals surface area (Å²) in [6.07, 6.45) is 0.428. The van der Waals surface area contributed by atoms with E-state index >= 15 is 0 Å². The van der Waals surface area contributed by atoms with Crippen molar-refractivity contribution in [2.75, 3.05) is 13.2 Å². The van der Waals surface area contributed by atoms with Crippen molar-refractivity contribution in [3.63, 3.8) is 0 Å². The fraction of sp³-hybridized carbons (Fsp3) is 0.250. The molecule has 0 aliphatic carbocycles. The first-order valence-corrected chi connectivity index (χ1v) is 6.44. The van der Waals surface area contributed by atoms with Crippen LogP contribution in [0.5, 0.6) is 5.75 Å². The van der Waals surface area contributed by atoms with E-state index in [-0.39, 0.29) is 24.7 Å². The monoisotopic (exact) mass is 275 g/mol. The van der Waals surface area contributed by atoms with Gasteiger partial charge < -0.3 is 15.9 Å². The van der Waals surface area contributed by atoms with Crippen LogP contribution in [0.1, 0.15) is 11.1 Å². The van der Waals surface area contributed by atoms with Crippen LogP contribution in [0, 0.1) is 5.82 Å². The molecule has 0 aliphatic rings. The minimum absolute atomic E-state index is 0.158. The van der Waals surface area contributed by atoms with Gasteiger partial charge in [0.1, 0.15) is 11.6 Å². The lowest BCUT2D eigenvalue weighted by atomic mass is 9.76. The van der Waals surface area contributed by atoms with Gasteiger partial charge in [0, 0.05) is 12.0 Å². The third kappa shape index (κ3) is 2.98. The van der Waals surface area contributed by atoms with Crippen LogP contribution in [0.3, 0.4) is 0 Å². The molecule has 0 spiro atoms. The predicted molar refractivity (Wildman–Crippen MR) is 76.0 cm³/mol. The van der Waals surface area contributed by atoms with Gasteiger partial charge in [-0.25, -0.2) is 4.39 Å². The zero-order valence-corrected chi connectivity index (χ0v) is 11.1. The lowest BCUT2D eigenvalue weighted by molar-refractivity contribution is 0.195. The molecule has 0 saturated carbocycles. The summed E-state index contributed by atoms with van der Waals surface area (Å²) in [5.41, 5.74) is 6.59. The van der Waals surface area contributed by atoms with Gasteiger partial charge >= 0.3 is 0 Å². The number of benzene rings is 2. The van der Waals surface area contributed by atoms with Crippen molar-refractivity contribution in [1.82, 2.24) is 0 Å². The topological polar surface area (TPSA) is 66.5 Å². The molecule has 0 fully saturated rings. The van der Waals surface area contributed by atoms with Gasteiger partial charge in [-0.2, -0.15) is 0 Å². The molecule has 4 heteroatoms. The molecule has 0 heterocycles. The normalized spacial score (nSPS) is 13.9. The zero-order chi connectivity index (χ0) is 14.6. The van der Waals surface area contributed by atoms with E-state index in [1.807, 2.05) is 6.07 Å². The Morgan fingerprint density at radius 3 is 2.45 bits per heavy atom. The maximum Gasteiger partial charge on any atom is 0.123 e. The Kier molecular flexibility index (Phi) is 4.37. The van der Waals surface area contributed by atoms with Gasteiger partial charge in [0.25, 0.3) is 0 Å². The number of aliphatic hydroxyl groups excluding tert-OH is 1. The lowest BCUT2D eigenvalue weighted by Crippen LogP contribution is -2.41. The van der Waals surface area contributed by atoms with Gasteiger partial charge in [-0.3, -0.25) is 0 Å². The first-order chi connectivity index (χ1) is 9.59. The van der Waals surface area contributed by atoms with Crippen molar-refractivity contribution in [3.8, 4) is 5.75 Å². The molecular weight excluding hydrogens is 257 g/mol. The number of hydrogen-bond acceptors (Lipinski definition) is 3. The fourth-order valence-corrected chi connectivity index (χ4v) is 2.38. The predicted octanol–water partition coefficient (Wildman–Crippen LogP) is 1.96. The van der Waals surface area contributed by atoms with Crippen LogP contribution in [0.15, 0.2) is 48.5 Å². The average molecular weight is 275 g/mol. The van der Waals surface area contributed by atoms with E-state index in [1.54, 1.807) is 30.3 Å². The number of halogens is 1. The average Bonchev–Trinajstić information content (AvgIpc) is 2.45. The molecule has 106 valence electrons. The minimum atomic E-state index is -0.754. The quantitative estimate of drug-likeness (QED) is 0.781. The maximum absolute atomic E-state index is 13.4. The summed E-state index contributed by atoms with van der Waals surface area (Å²) in [5.74, 6) is -0.199. The van der Waals surface area contributed by atoms with E-state index in [2.05, 4.69) is 0 Å². The van der Waals surface area contributed by atoms with Gasteiger partial charge in [0.15, 0.2) is 0 Å². The van der Waals surface area contributed by atoms with Crippen LogP contribution in [0.25, 0.3) is 0 Å². The number of rotatable bonds is 5. The van der Waals surface area contributed by atoms with E-state index < -0.39 is 5.41 Å². The van der Waals surface area contributed by atoms with Crippen LogP contribution >= 0.6 is 0 Å². The Hall–Kier alpha value is -1.91. The van der Waals surface area contributed by atoms with E-state index in [0.717, 1.165) is 5.56 Å². The summed E-state index contributed by atoms with van der Waals surface area (Å²) in [5, 5.41) is 19.3. The van der Waals surface area contributed by atoms with Crippen LogP contribution < -0.4 is 5.73 Å². The van der Waals surface area contributed by atoms with Gasteiger partial charge in [-0.1, -0.05) is 24.3 Å². The smallest absolute Gasteiger partial charge is 0.123 e. The Morgan fingerprint density at radius 2 is 1.85 bits per heavy atom. The highest BCUT2D eigenvalue weighted by Crippen LogP contribution is 2.29. The van der Waals surface area contributed by atoms with Crippen LogP contribution in [0.4, 0.5) is 4.39 Å². The van der Waals surface area contributed by atoms with E-state index in [1.165, 1.54) is 12.1 Å². The zero-order valence-electron chi connectivity index (χ0n) is 11.1. The number of nitrogens with two attached hydrogens (primary N) is 1. The van der Waals surface area contributed by atoms with Crippen molar-refractivity contribution >= 4 is 0 Å². The van der Waals surface area contributed by atoms with Crippen molar-refractivity contribution < 1.29 is 14.6 Å². The van der Waals surface area contributed by atoms with Crippen LogP contribution in [0.2, 0.25) is 0 Å². The molecule has 20 heavy (non-hydrogen) atoms. The SMILES string of the molecule is NCC(CO)(Cc1cccc(O)c1)c1cccc(F)c1. The Bertz CT molecular complexity index is 582. The molecule has 0 amide bonds. The fourth-order valence-electron chi connectivity index (χ4n) is 2.38. The number of aromatic hydroxyl groups is 1. The third-order valence-corrected chi connectivity index (χ3v) is 3.58. The molecule has 2 rings (SSSR count). The molecule has 2 aromatic rings. The van der Waals surface area contributed by atoms with E-state index in [4.69, 9.17) is 5.73 Å². The van der Waals surface area contributed by atoms with Crippen molar-refractivity contribution in [2.24, 2.45) is 5.73 Å². The summed E-state index contributed by atoms with van der Waals surface area (Å²) in [7, 11) is 0. The number of hydrogen-bond donors (Lipinski definition) is 3. The van der Waals surface area contributed by atoms with Gasteiger partial charge in [0.05, 0.1) is 6.61 Å². The summed E-state index contributed by atoms with van der Waals surface area (Å²) in [6, 6.07) is 12.9. The maximum atomic E-state index is 13.4. The molecule has 1 atom stereocenters. The standard InChI is InChI=1S/C16H18FNO2/c17-14-5-2-4-13(8-14)16(10-18,11-19)9-12-3-1-6-15(20)7-12/h1-8,19-20H,9-11,18H2. The summed E-state index contributed by atoms with van der Waals surface area (Å²) in [4.78, 5) is 0. The third-order valence-electron chi connectivity index (χ3n) is 3.58. The Labute approximate surface area is 117 Å². The Morgan fingerprint density at radius 1 is 1.10 bits per heavy atom. The van der Waals surface area contributed by atoms with E-state index in [0.29, 0.717) is 12.0 Å². The first kappa shape index (κ1) is 14.5. The van der Waals surface area contributed by atoms with E-state index in [9.17, 15) is 14.6 Å². The second-order valence-electron chi connectivity index (χ2n) is 5.00. The molecule has 2 aromatic carbocycles. The molecule has 0 radical (unpaired) electrons. The molecule has 0 bridgehead atoms. The van der Waals surface area contributed by atoms with Crippen LogP contribution in [-0.4, -0.2) is 23.4 Å². The summed E-state index contributed by atoms with van der Waals surface area (Å²) in [6.45, 7) is -0.00871. The Balaban J connectivity index is 2.39. The second-order valence-corrected chi connectivity index (χ2v) is 5.00. The molecule has 1 unspecified atom stereocenters. The number of aliphatic hydroxyl groups is 1. The van der Waals surface area contributed by atoms with Crippen molar-refractivity contribution in [1.29, 1.82) is 0 Å². The molecule has 4 N–H and O–H groups in total. The van der Waals surface area contributed by atoms with Crippen molar-refractivity contribution in [2.45, 2.75) is 11.8 Å². The minimum Gasteiger partial charge on any atom is -0.508 e. The molecule has 3 nitrogen and oxygen atoms in total. The highest BCUT2D eigenvalue weighted by atomic mass is 19.1. The van der Waals surface area contributed by atoms with Crippen LogP contribution in [-0.2, 0) is 11.8 Å².